The normalized spacial score (nSPS) is 32.6. The van der Waals surface area contributed by atoms with Gasteiger partial charge in [0.15, 0.2) is 0 Å². The molecule has 18 heavy (non-hydrogen) atoms. The first-order valence-electron chi connectivity index (χ1n) is 7.63. The van der Waals surface area contributed by atoms with E-state index in [1.807, 2.05) is 0 Å². The fourth-order valence-corrected chi connectivity index (χ4v) is 4.16. The second kappa shape index (κ2) is 4.76. The third-order valence-electron chi connectivity index (χ3n) is 4.97. The highest BCUT2D eigenvalue weighted by molar-refractivity contribution is 5.05. The molecule has 3 saturated heterocycles. The van der Waals surface area contributed by atoms with Crippen LogP contribution in [0.4, 0.5) is 0 Å². The fourth-order valence-electron chi connectivity index (χ4n) is 4.16. The largest absolute Gasteiger partial charge is 0.359 e. The van der Waals surface area contributed by atoms with Gasteiger partial charge in [0, 0.05) is 44.3 Å². The summed E-state index contributed by atoms with van der Waals surface area (Å²) in [7, 11) is 0. The lowest BCUT2D eigenvalue weighted by Crippen LogP contribution is -2.56. The quantitative estimate of drug-likeness (QED) is 0.758. The summed E-state index contributed by atoms with van der Waals surface area (Å²) in [5.41, 5.74) is 0. The third-order valence-corrected chi connectivity index (χ3v) is 4.97. The molecule has 0 spiro atoms. The van der Waals surface area contributed by atoms with Crippen LogP contribution in [0.5, 0.6) is 0 Å². The molecule has 0 aromatic carbocycles. The van der Waals surface area contributed by atoms with E-state index in [9.17, 15) is 0 Å². The molecule has 102 valence electrons. The molecule has 3 aliphatic heterocycles. The smallest absolute Gasteiger partial charge is 0.0966 e. The number of piperazine rings is 1. The molecule has 3 aliphatic rings. The van der Waals surface area contributed by atoms with Gasteiger partial charge in [0.1, 0.15) is 0 Å². The van der Waals surface area contributed by atoms with Crippen LogP contribution in [0.25, 0.3) is 0 Å². The Hall–Kier alpha value is -0.700. The van der Waals surface area contributed by atoms with Crippen LogP contribution in [-0.4, -0.2) is 59.0 Å². The first-order valence-corrected chi connectivity index (χ1v) is 7.63. The maximum atomic E-state index is 4.36. The summed E-state index contributed by atoms with van der Waals surface area (Å²) in [5.74, 6) is 1.30. The zero-order valence-electron chi connectivity index (χ0n) is 11.9. The standard InChI is InChI=1S/C15H27N3/c1-12(2)18-14-6-7-15(18)11-17(10-14)13(3)16-8-4-5-9-16/h12,14-15H,3-11H2,1-2H3. The highest BCUT2D eigenvalue weighted by atomic mass is 15.4. The zero-order chi connectivity index (χ0) is 12.7. The molecule has 0 aromatic heterocycles. The number of fused-ring (bicyclic) bond motifs is 2. The van der Waals surface area contributed by atoms with Gasteiger partial charge in [-0.05, 0) is 39.5 Å². The molecule has 0 amide bonds. The van der Waals surface area contributed by atoms with E-state index in [4.69, 9.17) is 0 Å². The fraction of sp³-hybridized carbons (Fsp3) is 0.867. The van der Waals surface area contributed by atoms with E-state index < -0.39 is 0 Å². The zero-order valence-corrected chi connectivity index (χ0v) is 11.9. The van der Waals surface area contributed by atoms with Crippen LogP contribution in [0.1, 0.15) is 39.5 Å². The van der Waals surface area contributed by atoms with Crippen molar-refractivity contribution in [2.45, 2.75) is 57.7 Å². The SMILES string of the molecule is C=C(N1CCCC1)N1CC2CCC(C1)N2C(C)C. The van der Waals surface area contributed by atoms with Gasteiger partial charge >= 0.3 is 0 Å². The van der Waals surface area contributed by atoms with Crippen LogP contribution in [0, 0.1) is 0 Å². The van der Waals surface area contributed by atoms with E-state index in [0.717, 1.165) is 12.1 Å². The molecule has 3 nitrogen and oxygen atoms in total. The summed E-state index contributed by atoms with van der Waals surface area (Å²) < 4.78 is 0. The van der Waals surface area contributed by atoms with Gasteiger partial charge in [-0.1, -0.05) is 6.58 Å². The number of nitrogens with zero attached hydrogens (tertiary/aromatic N) is 3. The maximum Gasteiger partial charge on any atom is 0.0966 e. The van der Waals surface area contributed by atoms with Crippen LogP contribution in [0.3, 0.4) is 0 Å². The Kier molecular flexibility index (Phi) is 3.27. The topological polar surface area (TPSA) is 9.72 Å². The molecular weight excluding hydrogens is 222 g/mol. The van der Waals surface area contributed by atoms with Crippen molar-refractivity contribution in [1.29, 1.82) is 0 Å². The average Bonchev–Trinajstić information content (AvgIpc) is 2.95. The Labute approximate surface area is 111 Å². The van der Waals surface area contributed by atoms with Crippen molar-refractivity contribution in [2.24, 2.45) is 0 Å². The number of hydrogen-bond donors (Lipinski definition) is 0. The van der Waals surface area contributed by atoms with Crippen molar-refractivity contribution in [3.05, 3.63) is 12.4 Å². The molecule has 2 unspecified atom stereocenters. The van der Waals surface area contributed by atoms with E-state index in [1.54, 1.807) is 0 Å². The van der Waals surface area contributed by atoms with Crippen LogP contribution >= 0.6 is 0 Å². The molecule has 3 fully saturated rings. The van der Waals surface area contributed by atoms with Gasteiger partial charge in [0.05, 0.1) is 5.82 Å². The summed E-state index contributed by atoms with van der Waals surface area (Å²) in [6.07, 6.45) is 5.45. The minimum absolute atomic E-state index is 0.699. The summed E-state index contributed by atoms with van der Waals surface area (Å²) >= 11 is 0. The predicted octanol–water partition coefficient (Wildman–Crippen LogP) is 2.11. The van der Waals surface area contributed by atoms with Crippen molar-refractivity contribution in [2.75, 3.05) is 26.2 Å². The molecule has 2 atom stereocenters. The summed E-state index contributed by atoms with van der Waals surface area (Å²) in [6, 6.07) is 2.23. The number of hydrogen-bond acceptors (Lipinski definition) is 3. The number of likely N-dealkylation sites (tertiary alicyclic amines) is 2. The van der Waals surface area contributed by atoms with Crippen LogP contribution in [-0.2, 0) is 0 Å². The highest BCUT2D eigenvalue weighted by Gasteiger charge is 2.41. The van der Waals surface area contributed by atoms with E-state index >= 15 is 0 Å². The first kappa shape index (κ1) is 12.3. The second-order valence-electron chi connectivity index (χ2n) is 6.44. The van der Waals surface area contributed by atoms with Gasteiger partial charge in [-0.25, -0.2) is 0 Å². The van der Waals surface area contributed by atoms with E-state index in [2.05, 4.69) is 35.1 Å². The molecule has 0 radical (unpaired) electrons. The van der Waals surface area contributed by atoms with Crippen molar-refractivity contribution in [1.82, 2.24) is 14.7 Å². The molecule has 0 aromatic rings. The first-order chi connectivity index (χ1) is 8.66. The average molecular weight is 249 g/mol. The summed E-state index contributed by atoms with van der Waals surface area (Å²) in [5, 5.41) is 0. The van der Waals surface area contributed by atoms with Gasteiger partial charge < -0.3 is 9.80 Å². The van der Waals surface area contributed by atoms with Gasteiger partial charge in [0.2, 0.25) is 0 Å². The van der Waals surface area contributed by atoms with Crippen LogP contribution in [0.15, 0.2) is 12.4 Å². The van der Waals surface area contributed by atoms with Crippen molar-refractivity contribution >= 4 is 0 Å². The summed E-state index contributed by atoms with van der Waals surface area (Å²) in [6.45, 7) is 13.9. The molecule has 0 saturated carbocycles. The maximum absolute atomic E-state index is 4.36. The summed E-state index contributed by atoms with van der Waals surface area (Å²) in [4.78, 5) is 7.80. The minimum atomic E-state index is 0.699. The van der Waals surface area contributed by atoms with E-state index in [1.165, 1.54) is 57.7 Å². The molecule has 3 heterocycles. The number of rotatable bonds is 3. The van der Waals surface area contributed by atoms with Crippen LogP contribution < -0.4 is 0 Å². The van der Waals surface area contributed by atoms with Crippen LogP contribution in [0.2, 0.25) is 0 Å². The van der Waals surface area contributed by atoms with Gasteiger partial charge in [-0.2, -0.15) is 0 Å². The lowest BCUT2D eigenvalue weighted by Gasteiger charge is -2.46. The molecule has 0 N–H and O–H groups in total. The lowest BCUT2D eigenvalue weighted by atomic mass is 10.1. The second-order valence-corrected chi connectivity index (χ2v) is 6.44. The Balaban J connectivity index is 1.66. The van der Waals surface area contributed by atoms with Gasteiger partial charge in [-0.15, -0.1) is 0 Å². The predicted molar refractivity (Wildman–Crippen MR) is 75.3 cm³/mol. The van der Waals surface area contributed by atoms with E-state index in [0.29, 0.717) is 6.04 Å². The molecule has 3 rings (SSSR count). The molecule has 3 heteroatoms. The molecular formula is C15H27N3. The Morgan fingerprint density at radius 1 is 1.00 bits per heavy atom. The van der Waals surface area contributed by atoms with Crippen molar-refractivity contribution < 1.29 is 0 Å². The van der Waals surface area contributed by atoms with Crippen molar-refractivity contribution in [3.8, 4) is 0 Å². The highest BCUT2D eigenvalue weighted by Crippen LogP contribution is 2.34. The van der Waals surface area contributed by atoms with Gasteiger partial charge in [-0.3, -0.25) is 4.90 Å². The molecule has 0 aliphatic carbocycles. The van der Waals surface area contributed by atoms with Gasteiger partial charge in [0.25, 0.3) is 0 Å². The Morgan fingerprint density at radius 3 is 2.06 bits per heavy atom. The van der Waals surface area contributed by atoms with Crippen molar-refractivity contribution in [3.63, 3.8) is 0 Å². The third kappa shape index (κ3) is 2.03. The lowest BCUT2D eigenvalue weighted by molar-refractivity contribution is 0.0462. The Bertz CT molecular complexity index is 306. The monoisotopic (exact) mass is 249 g/mol. The molecule has 2 bridgehead atoms. The minimum Gasteiger partial charge on any atom is -0.359 e. The Morgan fingerprint density at radius 2 is 1.56 bits per heavy atom. The van der Waals surface area contributed by atoms with E-state index in [-0.39, 0.29) is 0 Å².